The van der Waals surface area contributed by atoms with E-state index in [0.29, 0.717) is 6.54 Å². The lowest BCUT2D eigenvalue weighted by Crippen LogP contribution is -2.12. The molecule has 0 unspecified atom stereocenters. The molecular weight excluding hydrogens is 140 g/mol. The maximum atomic E-state index is 11.0. The maximum absolute atomic E-state index is 11.0. The normalized spacial score (nSPS) is 14.5. The van der Waals surface area contributed by atoms with Crippen LogP contribution in [-0.2, 0) is 6.54 Å². The first-order valence-electron chi connectivity index (χ1n) is 3.51. The van der Waals surface area contributed by atoms with Crippen LogP contribution in [0.3, 0.4) is 0 Å². The van der Waals surface area contributed by atoms with Gasteiger partial charge in [-0.15, -0.1) is 0 Å². The predicted molar refractivity (Wildman–Crippen MR) is 40.1 cm³/mol. The van der Waals surface area contributed by atoms with Gasteiger partial charge in [-0.1, -0.05) is 0 Å². The van der Waals surface area contributed by atoms with E-state index in [1.54, 1.807) is 6.20 Å². The Bertz CT molecular complexity index is 320. The third-order valence-corrected chi connectivity index (χ3v) is 1.81. The van der Waals surface area contributed by atoms with E-state index < -0.39 is 0 Å². The Morgan fingerprint density at radius 2 is 2.45 bits per heavy atom. The average molecular weight is 148 g/mol. The number of fused-ring (bicyclic) bond motifs is 1. The van der Waals surface area contributed by atoms with Gasteiger partial charge in [-0.05, 0) is 18.6 Å². The van der Waals surface area contributed by atoms with E-state index >= 15 is 0 Å². The summed E-state index contributed by atoms with van der Waals surface area (Å²) in [6, 6.07) is 1.94. The highest BCUT2D eigenvalue weighted by atomic mass is 16.1. The standard InChI is InChI=1S/C8H8N2O/c1-5-2-6-3-10-8(11)7(6)4-9-5/h2,4H,3H2,1H3,(H,10,11). The van der Waals surface area contributed by atoms with Crippen LogP contribution in [-0.4, -0.2) is 10.9 Å². The summed E-state index contributed by atoms with van der Waals surface area (Å²) in [5.74, 6) is -0.00694. The van der Waals surface area contributed by atoms with Gasteiger partial charge >= 0.3 is 0 Å². The topological polar surface area (TPSA) is 42.0 Å². The summed E-state index contributed by atoms with van der Waals surface area (Å²) < 4.78 is 0. The zero-order valence-corrected chi connectivity index (χ0v) is 6.22. The van der Waals surface area contributed by atoms with Crippen LogP contribution in [0, 0.1) is 6.92 Å². The summed E-state index contributed by atoms with van der Waals surface area (Å²) >= 11 is 0. The van der Waals surface area contributed by atoms with E-state index in [1.807, 2.05) is 13.0 Å². The lowest BCUT2D eigenvalue weighted by Gasteiger charge is -1.94. The number of rotatable bonds is 0. The van der Waals surface area contributed by atoms with Crippen LogP contribution in [0.25, 0.3) is 0 Å². The molecule has 0 bridgehead atoms. The molecule has 1 N–H and O–H groups in total. The van der Waals surface area contributed by atoms with Crippen LogP contribution in [0.1, 0.15) is 21.6 Å². The first kappa shape index (κ1) is 6.34. The Labute approximate surface area is 64.5 Å². The number of carbonyl (C=O) groups excluding carboxylic acids is 1. The molecule has 0 aliphatic carbocycles. The molecule has 1 aliphatic heterocycles. The molecule has 0 saturated carbocycles. The summed E-state index contributed by atoms with van der Waals surface area (Å²) in [5, 5.41) is 2.73. The van der Waals surface area contributed by atoms with Crippen LogP contribution in [0.5, 0.6) is 0 Å². The highest BCUT2D eigenvalue weighted by Gasteiger charge is 2.18. The molecule has 11 heavy (non-hydrogen) atoms. The molecule has 2 heterocycles. The van der Waals surface area contributed by atoms with Crippen molar-refractivity contribution >= 4 is 5.91 Å². The average Bonchev–Trinajstić information content (AvgIpc) is 2.32. The molecule has 1 aromatic heterocycles. The van der Waals surface area contributed by atoms with E-state index in [1.165, 1.54) is 0 Å². The van der Waals surface area contributed by atoms with Crippen LogP contribution in [0.4, 0.5) is 0 Å². The third-order valence-electron chi connectivity index (χ3n) is 1.81. The fourth-order valence-corrected chi connectivity index (χ4v) is 1.24. The molecule has 0 radical (unpaired) electrons. The van der Waals surface area contributed by atoms with Gasteiger partial charge in [0.15, 0.2) is 0 Å². The molecule has 0 fully saturated rings. The molecule has 2 rings (SSSR count). The Morgan fingerprint density at radius 1 is 1.64 bits per heavy atom. The van der Waals surface area contributed by atoms with Crippen molar-refractivity contribution in [3.63, 3.8) is 0 Å². The highest BCUT2D eigenvalue weighted by Crippen LogP contribution is 2.14. The van der Waals surface area contributed by atoms with E-state index in [0.717, 1.165) is 16.8 Å². The number of nitrogens with zero attached hydrogens (tertiary/aromatic N) is 1. The zero-order valence-electron chi connectivity index (χ0n) is 6.22. The SMILES string of the molecule is Cc1cc2c(cn1)C(=O)NC2. The van der Waals surface area contributed by atoms with Crippen molar-refractivity contribution in [2.45, 2.75) is 13.5 Å². The monoisotopic (exact) mass is 148 g/mol. The summed E-state index contributed by atoms with van der Waals surface area (Å²) in [6.07, 6.45) is 1.63. The van der Waals surface area contributed by atoms with Gasteiger partial charge in [0.2, 0.25) is 0 Å². The van der Waals surface area contributed by atoms with Gasteiger partial charge in [0, 0.05) is 18.4 Å². The van der Waals surface area contributed by atoms with Gasteiger partial charge in [0.05, 0.1) is 5.56 Å². The fourth-order valence-electron chi connectivity index (χ4n) is 1.24. The lowest BCUT2D eigenvalue weighted by molar-refractivity contribution is 0.0965. The molecule has 3 heteroatoms. The number of nitrogens with one attached hydrogen (secondary N) is 1. The van der Waals surface area contributed by atoms with E-state index in [4.69, 9.17) is 0 Å². The van der Waals surface area contributed by atoms with Crippen LogP contribution in [0.15, 0.2) is 12.3 Å². The van der Waals surface area contributed by atoms with Crippen LogP contribution < -0.4 is 5.32 Å². The molecule has 1 aliphatic rings. The van der Waals surface area contributed by atoms with Crippen molar-refractivity contribution < 1.29 is 4.79 Å². The molecule has 0 aromatic carbocycles. The van der Waals surface area contributed by atoms with Gasteiger partial charge in [-0.2, -0.15) is 0 Å². The second-order valence-electron chi connectivity index (χ2n) is 2.67. The smallest absolute Gasteiger partial charge is 0.253 e. The highest BCUT2D eigenvalue weighted by molar-refractivity contribution is 5.97. The number of aromatic nitrogens is 1. The fraction of sp³-hybridized carbons (Fsp3) is 0.250. The minimum atomic E-state index is -0.00694. The number of pyridine rings is 1. The van der Waals surface area contributed by atoms with E-state index in [9.17, 15) is 4.79 Å². The van der Waals surface area contributed by atoms with E-state index in [-0.39, 0.29) is 5.91 Å². The largest absolute Gasteiger partial charge is 0.348 e. The van der Waals surface area contributed by atoms with Crippen molar-refractivity contribution in [1.29, 1.82) is 0 Å². The minimum Gasteiger partial charge on any atom is -0.348 e. The van der Waals surface area contributed by atoms with Gasteiger partial charge in [0.1, 0.15) is 0 Å². The molecular formula is C8H8N2O. The van der Waals surface area contributed by atoms with Crippen molar-refractivity contribution in [1.82, 2.24) is 10.3 Å². The molecule has 3 nitrogen and oxygen atoms in total. The van der Waals surface area contributed by atoms with Crippen molar-refractivity contribution in [2.75, 3.05) is 0 Å². The predicted octanol–water partition coefficient (Wildman–Crippen LogP) is 0.633. The first-order valence-corrected chi connectivity index (χ1v) is 3.51. The number of hydrogen-bond acceptors (Lipinski definition) is 2. The zero-order chi connectivity index (χ0) is 7.84. The molecule has 56 valence electrons. The lowest BCUT2D eigenvalue weighted by atomic mass is 10.1. The second kappa shape index (κ2) is 2.05. The molecule has 0 atom stereocenters. The molecule has 1 amide bonds. The van der Waals surface area contributed by atoms with Crippen LogP contribution >= 0.6 is 0 Å². The maximum Gasteiger partial charge on any atom is 0.253 e. The minimum absolute atomic E-state index is 0.00694. The van der Waals surface area contributed by atoms with Gasteiger partial charge < -0.3 is 5.32 Å². The van der Waals surface area contributed by atoms with Gasteiger partial charge in [-0.3, -0.25) is 9.78 Å². The van der Waals surface area contributed by atoms with Crippen molar-refractivity contribution in [3.05, 3.63) is 29.1 Å². The molecule has 0 saturated heterocycles. The van der Waals surface area contributed by atoms with E-state index in [2.05, 4.69) is 10.3 Å². The second-order valence-corrected chi connectivity index (χ2v) is 2.67. The van der Waals surface area contributed by atoms with Crippen molar-refractivity contribution in [2.24, 2.45) is 0 Å². The Morgan fingerprint density at radius 3 is 3.27 bits per heavy atom. The number of aryl methyl sites for hydroxylation is 1. The number of hydrogen-bond donors (Lipinski definition) is 1. The number of amides is 1. The first-order chi connectivity index (χ1) is 5.27. The Balaban J connectivity index is 2.59. The summed E-state index contributed by atoms with van der Waals surface area (Å²) in [7, 11) is 0. The van der Waals surface area contributed by atoms with Gasteiger partial charge in [-0.25, -0.2) is 0 Å². The number of carbonyl (C=O) groups is 1. The third kappa shape index (κ3) is 0.888. The molecule has 0 spiro atoms. The molecule has 1 aromatic rings. The van der Waals surface area contributed by atoms with Crippen molar-refractivity contribution in [3.8, 4) is 0 Å². The summed E-state index contributed by atoms with van der Waals surface area (Å²) in [4.78, 5) is 15.1. The Hall–Kier alpha value is -1.38. The Kier molecular flexibility index (Phi) is 1.18. The van der Waals surface area contributed by atoms with Gasteiger partial charge in [0.25, 0.3) is 5.91 Å². The summed E-state index contributed by atoms with van der Waals surface area (Å²) in [6.45, 7) is 2.57. The van der Waals surface area contributed by atoms with Crippen LogP contribution in [0.2, 0.25) is 0 Å². The summed E-state index contributed by atoms with van der Waals surface area (Å²) in [5.41, 5.74) is 2.73. The quantitative estimate of drug-likeness (QED) is 0.586.